The molecule has 0 spiro atoms. The quantitative estimate of drug-likeness (QED) is 0.307. The van der Waals surface area contributed by atoms with Crippen molar-refractivity contribution in [1.29, 1.82) is 0 Å². The molecule has 140 valence electrons. The number of carbonyl (C=O) groups excluding carboxylic acids is 1. The van der Waals surface area contributed by atoms with Crippen molar-refractivity contribution >= 4 is 5.97 Å². The maximum atomic E-state index is 12.3. The molecule has 3 heteroatoms. The molecule has 0 N–H and O–H groups in total. The van der Waals surface area contributed by atoms with Crippen LogP contribution in [0.25, 0.3) is 0 Å². The Balaban J connectivity index is 1.93. The molecular weight excluding hydrogens is 324 g/mol. The van der Waals surface area contributed by atoms with Gasteiger partial charge < -0.3 is 9.47 Å². The molecular formula is C23H30O3. The van der Waals surface area contributed by atoms with Gasteiger partial charge in [-0.3, -0.25) is 0 Å². The molecule has 0 fully saturated rings. The summed E-state index contributed by atoms with van der Waals surface area (Å²) in [6.45, 7) is 9.46. The van der Waals surface area contributed by atoms with Gasteiger partial charge in [0.1, 0.15) is 11.5 Å². The molecule has 0 aliphatic carbocycles. The molecule has 2 rings (SSSR count). The number of ether oxygens (including phenoxy) is 2. The zero-order valence-electron chi connectivity index (χ0n) is 16.4. The Morgan fingerprint density at radius 1 is 0.885 bits per heavy atom. The van der Waals surface area contributed by atoms with Gasteiger partial charge in [-0.05, 0) is 60.2 Å². The molecule has 0 radical (unpaired) electrons. The lowest BCUT2D eigenvalue weighted by molar-refractivity contribution is 0.0734. The summed E-state index contributed by atoms with van der Waals surface area (Å²) in [5, 5.41) is 0. The zero-order chi connectivity index (χ0) is 19.0. The maximum absolute atomic E-state index is 12.3. The predicted molar refractivity (Wildman–Crippen MR) is 106 cm³/mol. The SMILES string of the molecule is CCCCCOc1ccc(C(=O)Oc2ccc(C(C)(C)CC)cc2)cc1. The highest BCUT2D eigenvalue weighted by molar-refractivity contribution is 5.91. The smallest absolute Gasteiger partial charge is 0.343 e. The van der Waals surface area contributed by atoms with Gasteiger partial charge in [-0.25, -0.2) is 4.79 Å². The normalized spacial score (nSPS) is 11.2. The van der Waals surface area contributed by atoms with Crippen LogP contribution < -0.4 is 9.47 Å². The number of hydrogen-bond donors (Lipinski definition) is 0. The van der Waals surface area contributed by atoms with E-state index in [1.54, 1.807) is 12.1 Å². The summed E-state index contributed by atoms with van der Waals surface area (Å²) in [6.07, 6.45) is 4.44. The summed E-state index contributed by atoms with van der Waals surface area (Å²) >= 11 is 0. The first-order valence-corrected chi connectivity index (χ1v) is 9.52. The molecule has 0 bridgehead atoms. The first-order chi connectivity index (χ1) is 12.5. The van der Waals surface area contributed by atoms with Crippen LogP contribution in [0.4, 0.5) is 0 Å². The number of unbranched alkanes of at least 4 members (excludes halogenated alkanes) is 2. The van der Waals surface area contributed by atoms with Gasteiger partial charge in [0.25, 0.3) is 0 Å². The number of benzene rings is 2. The van der Waals surface area contributed by atoms with E-state index in [1.807, 2.05) is 36.4 Å². The minimum Gasteiger partial charge on any atom is -0.494 e. The maximum Gasteiger partial charge on any atom is 0.343 e. The standard InChI is InChI=1S/C23H30O3/c1-5-7-8-17-25-20-13-9-18(10-14-20)22(24)26-21-15-11-19(12-16-21)23(3,4)6-2/h9-16H,5-8,17H2,1-4H3. The first-order valence-electron chi connectivity index (χ1n) is 9.52. The largest absolute Gasteiger partial charge is 0.494 e. The summed E-state index contributed by atoms with van der Waals surface area (Å²) in [5.74, 6) is 0.986. The van der Waals surface area contributed by atoms with E-state index >= 15 is 0 Å². The lowest BCUT2D eigenvalue weighted by Crippen LogP contribution is -2.15. The Morgan fingerprint density at radius 2 is 1.50 bits per heavy atom. The van der Waals surface area contributed by atoms with Crippen LogP contribution >= 0.6 is 0 Å². The third-order valence-electron chi connectivity index (χ3n) is 4.84. The fourth-order valence-corrected chi connectivity index (χ4v) is 2.57. The molecule has 2 aromatic rings. The molecule has 0 saturated heterocycles. The third kappa shape index (κ3) is 5.62. The van der Waals surface area contributed by atoms with Crippen LogP contribution in [0, 0.1) is 0 Å². The van der Waals surface area contributed by atoms with Gasteiger partial charge in [-0.2, -0.15) is 0 Å². The summed E-state index contributed by atoms with van der Waals surface area (Å²) < 4.78 is 11.1. The van der Waals surface area contributed by atoms with Crippen molar-refractivity contribution in [1.82, 2.24) is 0 Å². The topological polar surface area (TPSA) is 35.5 Å². The van der Waals surface area contributed by atoms with E-state index in [4.69, 9.17) is 9.47 Å². The van der Waals surface area contributed by atoms with Gasteiger partial charge in [0.15, 0.2) is 0 Å². The van der Waals surface area contributed by atoms with E-state index in [0.29, 0.717) is 17.9 Å². The molecule has 0 saturated carbocycles. The van der Waals surface area contributed by atoms with E-state index in [-0.39, 0.29) is 11.4 Å². The molecule has 0 aliphatic heterocycles. The molecule has 26 heavy (non-hydrogen) atoms. The van der Waals surface area contributed by atoms with Crippen LogP contribution in [0.2, 0.25) is 0 Å². The van der Waals surface area contributed by atoms with E-state index in [2.05, 4.69) is 27.7 Å². The first kappa shape index (κ1) is 20.0. The fourth-order valence-electron chi connectivity index (χ4n) is 2.57. The Morgan fingerprint density at radius 3 is 2.08 bits per heavy atom. The van der Waals surface area contributed by atoms with Gasteiger partial charge in [-0.15, -0.1) is 0 Å². The summed E-state index contributed by atoms with van der Waals surface area (Å²) in [7, 11) is 0. The van der Waals surface area contributed by atoms with Crippen LogP contribution in [0.1, 0.15) is 69.3 Å². The second-order valence-corrected chi connectivity index (χ2v) is 7.23. The third-order valence-corrected chi connectivity index (χ3v) is 4.84. The number of hydrogen-bond acceptors (Lipinski definition) is 3. The fraction of sp³-hybridized carbons (Fsp3) is 0.435. The van der Waals surface area contributed by atoms with Crippen molar-refractivity contribution in [2.45, 2.75) is 58.8 Å². The molecule has 0 atom stereocenters. The molecule has 0 unspecified atom stereocenters. The van der Waals surface area contributed by atoms with Crippen molar-refractivity contribution in [2.24, 2.45) is 0 Å². The van der Waals surface area contributed by atoms with Gasteiger partial charge >= 0.3 is 5.97 Å². The van der Waals surface area contributed by atoms with Gasteiger partial charge in [-0.1, -0.05) is 52.7 Å². The second-order valence-electron chi connectivity index (χ2n) is 7.23. The van der Waals surface area contributed by atoms with E-state index < -0.39 is 0 Å². The summed E-state index contributed by atoms with van der Waals surface area (Å²) in [6, 6.07) is 14.9. The Hall–Kier alpha value is -2.29. The van der Waals surface area contributed by atoms with Crippen LogP contribution in [0.5, 0.6) is 11.5 Å². The van der Waals surface area contributed by atoms with E-state index in [9.17, 15) is 4.79 Å². The number of esters is 1. The second kappa shape index (κ2) is 9.42. The lowest BCUT2D eigenvalue weighted by Gasteiger charge is -2.23. The Labute approximate surface area is 157 Å². The highest BCUT2D eigenvalue weighted by Gasteiger charge is 2.18. The summed E-state index contributed by atoms with van der Waals surface area (Å²) in [5.41, 5.74) is 1.88. The Kier molecular flexibility index (Phi) is 7.26. The highest BCUT2D eigenvalue weighted by atomic mass is 16.5. The minimum atomic E-state index is -0.356. The van der Waals surface area contributed by atoms with Crippen molar-refractivity contribution in [2.75, 3.05) is 6.61 Å². The Bertz CT molecular complexity index is 684. The molecule has 3 nitrogen and oxygen atoms in total. The molecule has 0 aromatic heterocycles. The molecule has 0 amide bonds. The van der Waals surface area contributed by atoms with Crippen LogP contribution in [0.3, 0.4) is 0 Å². The van der Waals surface area contributed by atoms with Crippen molar-refractivity contribution in [3.8, 4) is 11.5 Å². The summed E-state index contributed by atoms with van der Waals surface area (Å²) in [4.78, 5) is 12.3. The van der Waals surface area contributed by atoms with Crippen molar-refractivity contribution < 1.29 is 14.3 Å². The van der Waals surface area contributed by atoms with Crippen LogP contribution in [0.15, 0.2) is 48.5 Å². The van der Waals surface area contributed by atoms with Crippen molar-refractivity contribution in [3.05, 3.63) is 59.7 Å². The minimum absolute atomic E-state index is 0.121. The predicted octanol–water partition coefficient (Wildman–Crippen LogP) is 6.16. The number of rotatable bonds is 9. The lowest BCUT2D eigenvalue weighted by atomic mass is 9.82. The van der Waals surface area contributed by atoms with Crippen molar-refractivity contribution in [3.63, 3.8) is 0 Å². The van der Waals surface area contributed by atoms with E-state index in [0.717, 1.165) is 18.6 Å². The van der Waals surface area contributed by atoms with E-state index in [1.165, 1.54) is 18.4 Å². The van der Waals surface area contributed by atoms with Crippen LogP contribution in [-0.2, 0) is 5.41 Å². The average Bonchev–Trinajstić information content (AvgIpc) is 2.66. The average molecular weight is 354 g/mol. The van der Waals surface area contributed by atoms with Gasteiger partial charge in [0.05, 0.1) is 12.2 Å². The van der Waals surface area contributed by atoms with Gasteiger partial charge in [0, 0.05) is 0 Å². The molecule has 2 aromatic carbocycles. The monoisotopic (exact) mass is 354 g/mol. The van der Waals surface area contributed by atoms with Crippen LogP contribution in [-0.4, -0.2) is 12.6 Å². The molecule has 0 heterocycles. The van der Waals surface area contributed by atoms with Gasteiger partial charge in [0.2, 0.25) is 0 Å². The zero-order valence-corrected chi connectivity index (χ0v) is 16.4. The highest BCUT2D eigenvalue weighted by Crippen LogP contribution is 2.28. The number of carbonyl (C=O) groups is 1. The molecule has 0 aliphatic rings.